The van der Waals surface area contributed by atoms with Crippen molar-refractivity contribution in [3.8, 4) is 0 Å². The molecule has 1 saturated heterocycles. The third-order valence-corrected chi connectivity index (χ3v) is 5.18. The van der Waals surface area contributed by atoms with Gasteiger partial charge in [-0.2, -0.15) is 13.2 Å². The average molecular weight is 321 g/mol. The molecule has 1 fully saturated rings. The summed E-state index contributed by atoms with van der Waals surface area (Å²) < 4.78 is 60.9. The molecule has 1 heterocycles. The monoisotopic (exact) mass is 321 g/mol. The molecule has 0 bridgehead atoms. The Hall–Kier alpha value is -1.57. The predicted molar refractivity (Wildman–Crippen MR) is 71.6 cm³/mol. The van der Waals surface area contributed by atoms with Crippen molar-refractivity contribution in [2.75, 3.05) is 16.8 Å². The summed E-state index contributed by atoms with van der Waals surface area (Å²) in [6.07, 6.45) is -4.30. The highest BCUT2D eigenvalue weighted by molar-refractivity contribution is 7.91. The number of alkyl halides is 3. The van der Waals surface area contributed by atoms with Crippen LogP contribution in [0.5, 0.6) is 0 Å². The predicted octanol–water partition coefficient (Wildman–Crippen LogP) is 2.39. The van der Waals surface area contributed by atoms with Gasteiger partial charge >= 0.3 is 6.18 Å². The molecular weight excluding hydrogens is 307 g/mol. The first-order valence-electron chi connectivity index (χ1n) is 6.27. The molecule has 1 aliphatic rings. The Kier molecular flexibility index (Phi) is 4.01. The molecule has 8 heteroatoms. The lowest BCUT2D eigenvalue weighted by Crippen LogP contribution is -2.24. The van der Waals surface area contributed by atoms with Crippen LogP contribution in [0.3, 0.4) is 0 Å². The zero-order valence-electron chi connectivity index (χ0n) is 11.2. The molecule has 21 heavy (non-hydrogen) atoms. The number of benzene rings is 1. The first-order chi connectivity index (χ1) is 9.58. The van der Waals surface area contributed by atoms with Gasteiger partial charge in [0.1, 0.15) is 0 Å². The van der Waals surface area contributed by atoms with Gasteiger partial charge in [-0.25, -0.2) is 8.42 Å². The van der Waals surface area contributed by atoms with E-state index in [-0.39, 0.29) is 29.2 Å². The maximum absolute atomic E-state index is 12.8. The second kappa shape index (κ2) is 5.32. The van der Waals surface area contributed by atoms with Crippen LogP contribution in [-0.2, 0) is 20.8 Å². The summed E-state index contributed by atoms with van der Waals surface area (Å²) in [4.78, 5) is 11.9. The van der Waals surface area contributed by atoms with Gasteiger partial charge in [-0.1, -0.05) is 6.07 Å². The minimum Gasteiger partial charge on any atom is -0.326 e. The Bertz CT molecular complexity index is 668. The van der Waals surface area contributed by atoms with E-state index in [9.17, 15) is 26.4 Å². The summed E-state index contributed by atoms with van der Waals surface area (Å²) in [6.45, 7) is 1.33. The number of carbonyl (C=O) groups excluding carboxylic acids is 1. The lowest BCUT2D eigenvalue weighted by Gasteiger charge is -2.14. The molecule has 1 amide bonds. The van der Waals surface area contributed by atoms with Gasteiger partial charge in [0.2, 0.25) is 5.91 Å². The Morgan fingerprint density at radius 1 is 1.33 bits per heavy atom. The number of anilines is 1. The van der Waals surface area contributed by atoms with Crippen LogP contribution in [0.15, 0.2) is 18.2 Å². The topological polar surface area (TPSA) is 63.2 Å². The lowest BCUT2D eigenvalue weighted by atomic mass is 10.1. The van der Waals surface area contributed by atoms with Gasteiger partial charge in [-0.05, 0) is 31.0 Å². The van der Waals surface area contributed by atoms with Crippen LogP contribution in [0.4, 0.5) is 18.9 Å². The Morgan fingerprint density at radius 3 is 2.52 bits per heavy atom. The van der Waals surface area contributed by atoms with Crippen LogP contribution in [0.2, 0.25) is 0 Å². The van der Waals surface area contributed by atoms with Crippen molar-refractivity contribution in [2.24, 2.45) is 5.92 Å². The van der Waals surface area contributed by atoms with E-state index in [2.05, 4.69) is 5.32 Å². The molecule has 0 radical (unpaired) electrons. The molecule has 1 aromatic rings. The number of sulfone groups is 1. The molecule has 2 rings (SSSR count). The highest BCUT2D eigenvalue weighted by Crippen LogP contribution is 2.33. The van der Waals surface area contributed by atoms with Crippen LogP contribution in [0.1, 0.15) is 17.5 Å². The third kappa shape index (κ3) is 3.75. The van der Waals surface area contributed by atoms with Crippen molar-refractivity contribution < 1.29 is 26.4 Å². The van der Waals surface area contributed by atoms with Crippen molar-refractivity contribution in [2.45, 2.75) is 19.5 Å². The van der Waals surface area contributed by atoms with E-state index in [1.807, 2.05) is 0 Å². The number of halogens is 3. The number of rotatable bonds is 2. The van der Waals surface area contributed by atoms with Crippen molar-refractivity contribution in [3.05, 3.63) is 29.3 Å². The summed E-state index contributed by atoms with van der Waals surface area (Å²) in [5.41, 5.74) is -0.745. The van der Waals surface area contributed by atoms with Crippen molar-refractivity contribution in [1.29, 1.82) is 0 Å². The molecule has 4 nitrogen and oxygen atoms in total. The highest BCUT2D eigenvalue weighted by atomic mass is 32.2. The molecule has 0 spiro atoms. The standard InChI is InChI=1S/C13H14F3NO3S/c1-8-2-3-10(6-11(8)13(14,15)16)17-12(18)9-4-5-21(19,20)7-9/h2-3,6,9H,4-5,7H2,1H3,(H,17,18). The van der Waals surface area contributed by atoms with Gasteiger partial charge in [0, 0.05) is 5.69 Å². The van der Waals surface area contributed by atoms with E-state index in [0.29, 0.717) is 0 Å². The molecule has 0 aliphatic carbocycles. The van der Waals surface area contributed by atoms with Gasteiger partial charge in [0.25, 0.3) is 0 Å². The molecule has 116 valence electrons. The lowest BCUT2D eigenvalue weighted by molar-refractivity contribution is -0.138. The summed E-state index contributed by atoms with van der Waals surface area (Å²) in [5.74, 6) is -1.58. The maximum atomic E-state index is 12.8. The quantitative estimate of drug-likeness (QED) is 0.910. The zero-order chi connectivity index (χ0) is 15.8. The Balaban J connectivity index is 2.15. The highest BCUT2D eigenvalue weighted by Gasteiger charge is 2.34. The number of hydrogen-bond donors (Lipinski definition) is 1. The summed E-state index contributed by atoms with van der Waals surface area (Å²) >= 11 is 0. The van der Waals surface area contributed by atoms with E-state index >= 15 is 0 Å². The van der Waals surface area contributed by atoms with E-state index in [0.717, 1.165) is 6.07 Å². The van der Waals surface area contributed by atoms with E-state index in [1.165, 1.54) is 19.1 Å². The van der Waals surface area contributed by atoms with Gasteiger partial charge in [0.05, 0.1) is 23.0 Å². The van der Waals surface area contributed by atoms with Crippen molar-refractivity contribution >= 4 is 21.4 Å². The van der Waals surface area contributed by atoms with Crippen molar-refractivity contribution in [3.63, 3.8) is 0 Å². The Labute approximate surface area is 120 Å². The van der Waals surface area contributed by atoms with Gasteiger partial charge in [-0.15, -0.1) is 0 Å². The Morgan fingerprint density at radius 2 is 2.00 bits per heavy atom. The van der Waals surface area contributed by atoms with E-state index < -0.39 is 33.4 Å². The van der Waals surface area contributed by atoms with E-state index in [4.69, 9.17) is 0 Å². The minimum absolute atomic E-state index is 0.0159. The first-order valence-corrected chi connectivity index (χ1v) is 8.10. The minimum atomic E-state index is -4.50. The summed E-state index contributed by atoms with van der Waals surface area (Å²) in [7, 11) is -3.21. The second-order valence-corrected chi connectivity index (χ2v) is 7.35. The van der Waals surface area contributed by atoms with Gasteiger partial charge < -0.3 is 5.32 Å². The largest absolute Gasteiger partial charge is 0.416 e. The SMILES string of the molecule is Cc1ccc(NC(=O)C2CCS(=O)(=O)C2)cc1C(F)(F)F. The molecule has 0 aromatic heterocycles. The van der Waals surface area contributed by atoms with Crippen LogP contribution >= 0.6 is 0 Å². The smallest absolute Gasteiger partial charge is 0.326 e. The number of carbonyl (C=O) groups is 1. The van der Waals surface area contributed by atoms with E-state index in [1.54, 1.807) is 0 Å². The molecular formula is C13H14F3NO3S. The first kappa shape index (κ1) is 15.8. The van der Waals surface area contributed by atoms with Crippen LogP contribution in [-0.4, -0.2) is 25.8 Å². The maximum Gasteiger partial charge on any atom is 0.416 e. The molecule has 0 saturated carbocycles. The van der Waals surface area contributed by atoms with Crippen LogP contribution in [0, 0.1) is 12.8 Å². The number of hydrogen-bond acceptors (Lipinski definition) is 3. The molecule has 1 aromatic carbocycles. The van der Waals surface area contributed by atoms with Crippen LogP contribution < -0.4 is 5.32 Å². The molecule has 1 N–H and O–H groups in total. The summed E-state index contributed by atoms with van der Waals surface area (Å²) in [6, 6.07) is 3.49. The fraction of sp³-hybridized carbons (Fsp3) is 0.462. The molecule has 1 unspecified atom stereocenters. The normalized spacial score (nSPS) is 21.2. The number of amides is 1. The van der Waals surface area contributed by atoms with Crippen molar-refractivity contribution in [1.82, 2.24) is 0 Å². The third-order valence-electron chi connectivity index (χ3n) is 3.41. The molecule has 1 aliphatic heterocycles. The zero-order valence-corrected chi connectivity index (χ0v) is 12.0. The number of aryl methyl sites for hydroxylation is 1. The summed E-state index contributed by atoms with van der Waals surface area (Å²) in [5, 5.41) is 2.36. The average Bonchev–Trinajstić information content (AvgIpc) is 2.71. The van der Waals surface area contributed by atoms with Gasteiger partial charge in [-0.3, -0.25) is 4.79 Å². The second-order valence-electron chi connectivity index (χ2n) is 5.12. The van der Waals surface area contributed by atoms with Gasteiger partial charge in [0.15, 0.2) is 9.84 Å². The number of nitrogens with one attached hydrogen (secondary N) is 1. The fourth-order valence-corrected chi connectivity index (χ4v) is 3.99. The molecule has 1 atom stereocenters. The fourth-order valence-electron chi connectivity index (χ4n) is 2.25. The van der Waals surface area contributed by atoms with Crippen LogP contribution in [0.25, 0.3) is 0 Å².